The van der Waals surface area contributed by atoms with E-state index in [1.54, 1.807) is 20.4 Å². The van der Waals surface area contributed by atoms with Gasteiger partial charge in [-0.1, -0.05) is 6.07 Å². The van der Waals surface area contributed by atoms with Crippen molar-refractivity contribution in [1.29, 1.82) is 0 Å². The van der Waals surface area contributed by atoms with E-state index in [0.29, 0.717) is 6.04 Å². The highest BCUT2D eigenvalue weighted by Gasteiger charge is 2.21. The van der Waals surface area contributed by atoms with E-state index < -0.39 is 0 Å². The van der Waals surface area contributed by atoms with E-state index in [0.717, 1.165) is 29.2 Å². The summed E-state index contributed by atoms with van der Waals surface area (Å²) in [7, 11) is 3.33. The van der Waals surface area contributed by atoms with Crippen LogP contribution in [0, 0.1) is 0 Å². The van der Waals surface area contributed by atoms with E-state index in [4.69, 9.17) is 9.47 Å². The van der Waals surface area contributed by atoms with E-state index >= 15 is 0 Å². The maximum atomic E-state index is 5.43. The molecule has 21 heavy (non-hydrogen) atoms. The average Bonchev–Trinajstić information content (AvgIpc) is 3.37. The minimum atomic E-state index is 0.667. The van der Waals surface area contributed by atoms with Crippen molar-refractivity contribution in [1.82, 2.24) is 10.3 Å². The van der Waals surface area contributed by atoms with Gasteiger partial charge >= 0.3 is 0 Å². The number of rotatable bonds is 6. The first-order chi connectivity index (χ1) is 10.3. The smallest absolute Gasteiger partial charge is 0.161 e. The van der Waals surface area contributed by atoms with Gasteiger partial charge in [-0.05, 0) is 42.2 Å². The fourth-order valence-electron chi connectivity index (χ4n) is 2.40. The highest BCUT2D eigenvalue weighted by molar-refractivity contribution is 5.70. The second-order valence-electron chi connectivity index (χ2n) is 5.26. The van der Waals surface area contributed by atoms with Crippen LogP contribution in [-0.4, -0.2) is 25.2 Å². The van der Waals surface area contributed by atoms with Crippen molar-refractivity contribution in [3.05, 3.63) is 42.2 Å². The van der Waals surface area contributed by atoms with Gasteiger partial charge in [0, 0.05) is 30.5 Å². The molecule has 110 valence electrons. The molecule has 1 saturated carbocycles. The highest BCUT2D eigenvalue weighted by atomic mass is 16.5. The normalized spacial score (nSPS) is 14.0. The summed E-state index contributed by atoms with van der Waals surface area (Å²) in [5.74, 6) is 1.50. The highest BCUT2D eigenvalue weighted by Crippen LogP contribution is 2.36. The van der Waals surface area contributed by atoms with Gasteiger partial charge in [0.2, 0.25) is 0 Å². The SMILES string of the molecule is COc1cc(CNC2CC2)c(-c2cccnc2)cc1OC. The lowest BCUT2D eigenvalue weighted by Gasteiger charge is -2.15. The summed E-state index contributed by atoms with van der Waals surface area (Å²) in [4.78, 5) is 4.22. The van der Waals surface area contributed by atoms with Crippen LogP contribution in [0.25, 0.3) is 11.1 Å². The molecule has 0 atom stereocenters. The quantitative estimate of drug-likeness (QED) is 0.885. The zero-order chi connectivity index (χ0) is 14.7. The number of aromatic nitrogens is 1. The van der Waals surface area contributed by atoms with Crippen molar-refractivity contribution in [2.24, 2.45) is 0 Å². The Morgan fingerprint density at radius 2 is 1.95 bits per heavy atom. The molecule has 0 amide bonds. The van der Waals surface area contributed by atoms with E-state index in [1.807, 2.05) is 18.3 Å². The molecule has 0 aliphatic heterocycles. The van der Waals surface area contributed by atoms with Gasteiger partial charge < -0.3 is 14.8 Å². The molecule has 3 rings (SSSR count). The van der Waals surface area contributed by atoms with Crippen molar-refractivity contribution in [2.45, 2.75) is 25.4 Å². The first kappa shape index (κ1) is 13.9. The Labute approximate surface area is 125 Å². The van der Waals surface area contributed by atoms with Gasteiger partial charge in [0.1, 0.15) is 0 Å². The minimum Gasteiger partial charge on any atom is -0.493 e. The Balaban J connectivity index is 2.00. The van der Waals surface area contributed by atoms with Crippen LogP contribution in [0.1, 0.15) is 18.4 Å². The number of benzene rings is 1. The minimum absolute atomic E-state index is 0.667. The third-order valence-electron chi connectivity index (χ3n) is 3.74. The zero-order valence-corrected chi connectivity index (χ0v) is 12.4. The van der Waals surface area contributed by atoms with Gasteiger partial charge in [-0.25, -0.2) is 0 Å². The number of hydrogen-bond acceptors (Lipinski definition) is 4. The van der Waals surface area contributed by atoms with Crippen molar-refractivity contribution >= 4 is 0 Å². The molecular weight excluding hydrogens is 264 g/mol. The number of methoxy groups -OCH3 is 2. The van der Waals surface area contributed by atoms with Crippen LogP contribution in [0.2, 0.25) is 0 Å². The Hall–Kier alpha value is -2.07. The fraction of sp³-hybridized carbons (Fsp3) is 0.353. The summed E-state index contributed by atoms with van der Waals surface area (Å²) in [6.07, 6.45) is 6.21. The molecule has 4 heteroatoms. The Morgan fingerprint density at radius 1 is 1.19 bits per heavy atom. The Bertz CT molecular complexity index is 610. The number of ether oxygens (including phenoxy) is 2. The molecule has 1 aliphatic rings. The van der Waals surface area contributed by atoms with E-state index in [9.17, 15) is 0 Å². The average molecular weight is 284 g/mol. The molecule has 1 fully saturated rings. The number of pyridine rings is 1. The van der Waals surface area contributed by atoms with Gasteiger partial charge in [0.15, 0.2) is 11.5 Å². The van der Waals surface area contributed by atoms with Crippen LogP contribution in [0.4, 0.5) is 0 Å². The lowest BCUT2D eigenvalue weighted by atomic mass is 10.00. The molecule has 2 aromatic rings. The van der Waals surface area contributed by atoms with Crippen molar-refractivity contribution in [3.8, 4) is 22.6 Å². The Kier molecular flexibility index (Phi) is 4.06. The van der Waals surface area contributed by atoms with Crippen LogP contribution >= 0.6 is 0 Å². The van der Waals surface area contributed by atoms with Crippen molar-refractivity contribution < 1.29 is 9.47 Å². The van der Waals surface area contributed by atoms with E-state index in [-0.39, 0.29) is 0 Å². The maximum Gasteiger partial charge on any atom is 0.161 e. The standard InChI is InChI=1S/C17H20N2O2/c1-20-16-8-13(11-19-14-5-6-14)15(9-17(16)21-2)12-4-3-7-18-10-12/h3-4,7-10,14,19H,5-6,11H2,1-2H3. The Morgan fingerprint density at radius 3 is 2.57 bits per heavy atom. The van der Waals surface area contributed by atoms with E-state index in [1.165, 1.54) is 18.4 Å². The molecular formula is C17H20N2O2. The molecule has 0 bridgehead atoms. The molecule has 1 aliphatic carbocycles. The second kappa shape index (κ2) is 6.14. The summed E-state index contributed by atoms with van der Waals surface area (Å²) in [5, 5.41) is 3.56. The molecule has 1 aromatic carbocycles. The molecule has 1 aromatic heterocycles. The predicted molar refractivity (Wildman–Crippen MR) is 82.6 cm³/mol. The summed E-state index contributed by atoms with van der Waals surface area (Å²) in [6.45, 7) is 0.829. The number of nitrogens with zero attached hydrogens (tertiary/aromatic N) is 1. The molecule has 0 saturated heterocycles. The molecule has 0 radical (unpaired) electrons. The van der Waals surface area contributed by atoms with Crippen molar-refractivity contribution in [3.63, 3.8) is 0 Å². The topological polar surface area (TPSA) is 43.4 Å². The molecule has 0 unspecified atom stereocenters. The first-order valence-electron chi connectivity index (χ1n) is 7.20. The van der Waals surface area contributed by atoms with Crippen LogP contribution in [0.3, 0.4) is 0 Å². The molecule has 0 spiro atoms. The van der Waals surface area contributed by atoms with Crippen LogP contribution in [-0.2, 0) is 6.54 Å². The van der Waals surface area contributed by atoms with Gasteiger partial charge in [0.05, 0.1) is 14.2 Å². The van der Waals surface area contributed by atoms with Crippen molar-refractivity contribution in [2.75, 3.05) is 14.2 Å². The molecule has 1 N–H and O–H groups in total. The summed E-state index contributed by atoms with van der Waals surface area (Å²) < 4.78 is 10.8. The third-order valence-corrected chi connectivity index (χ3v) is 3.74. The second-order valence-corrected chi connectivity index (χ2v) is 5.26. The van der Waals surface area contributed by atoms with Gasteiger partial charge in [0.25, 0.3) is 0 Å². The fourth-order valence-corrected chi connectivity index (χ4v) is 2.40. The summed E-state index contributed by atoms with van der Waals surface area (Å²) in [5.41, 5.74) is 3.42. The largest absolute Gasteiger partial charge is 0.493 e. The van der Waals surface area contributed by atoms with Crippen LogP contribution < -0.4 is 14.8 Å². The van der Waals surface area contributed by atoms with Gasteiger partial charge in [-0.15, -0.1) is 0 Å². The lowest BCUT2D eigenvalue weighted by molar-refractivity contribution is 0.354. The third kappa shape index (κ3) is 3.16. The first-order valence-corrected chi connectivity index (χ1v) is 7.20. The summed E-state index contributed by atoms with van der Waals surface area (Å²) >= 11 is 0. The van der Waals surface area contributed by atoms with Gasteiger partial charge in [-0.3, -0.25) is 4.98 Å². The lowest BCUT2D eigenvalue weighted by Crippen LogP contribution is -2.16. The molecule has 1 heterocycles. The maximum absolute atomic E-state index is 5.43. The van der Waals surface area contributed by atoms with Crippen LogP contribution in [0.5, 0.6) is 11.5 Å². The van der Waals surface area contributed by atoms with E-state index in [2.05, 4.69) is 22.4 Å². The van der Waals surface area contributed by atoms with Crippen LogP contribution in [0.15, 0.2) is 36.7 Å². The monoisotopic (exact) mass is 284 g/mol. The number of nitrogens with one attached hydrogen (secondary N) is 1. The number of hydrogen-bond donors (Lipinski definition) is 1. The zero-order valence-electron chi connectivity index (χ0n) is 12.4. The van der Waals surface area contributed by atoms with Gasteiger partial charge in [-0.2, -0.15) is 0 Å². The predicted octanol–water partition coefficient (Wildman–Crippen LogP) is 3.02. The summed E-state index contributed by atoms with van der Waals surface area (Å²) in [6, 6.07) is 8.76. The molecule has 4 nitrogen and oxygen atoms in total.